The SMILES string of the molecule is COc1ccc2cc(C3=C(O)C(=O)C(c4ccc(Br)cc4)=C(O)C3=O)ccc2c1. The fraction of sp³-hybridized carbons (Fsp3) is 0.0435. The van der Waals surface area contributed by atoms with Crippen LogP contribution in [0.2, 0.25) is 0 Å². The third-order valence-electron chi connectivity index (χ3n) is 4.83. The van der Waals surface area contributed by atoms with Crippen LogP contribution in [0.4, 0.5) is 0 Å². The molecular weight excluding hydrogens is 436 g/mol. The standard InChI is InChI=1S/C23H15BrO5/c1-29-17-9-6-13-10-15(3-2-14(13)11-17)19-22(27)20(25)18(21(26)23(19)28)12-4-7-16(24)8-5-12/h2-11,25,28H,1H3. The maximum atomic E-state index is 12.9. The molecule has 4 rings (SSSR count). The molecule has 0 bridgehead atoms. The van der Waals surface area contributed by atoms with Gasteiger partial charge in [-0.25, -0.2) is 0 Å². The number of ether oxygens (including phenoxy) is 1. The Hall–Kier alpha value is -3.38. The summed E-state index contributed by atoms with van der Waals surface area (Å²) in [6, 6.07) is 17.0. The number of hydrogen-bond acceptors (Lipinski definition) is 5. The van der Waals surface area contributed by atoms with Crippen molar-refractivity contribution in [3.8, 4) is 5.75 Å². The highest BCUT2D eigenvalue weighted by molar-refractivity contribution is 9.10. The van der Waals surface area contributed by atoms with Crippen LogP contribution in [0.3, 0.4) is 0 Å². The van der Waals surface area contributed by atoms with Crippen LogP contribution in [0.5, 0.6) is 5.75 Å². The first-order chi connectivity index (χ1) is 13.9. The van der Waals surface area contributed by atoms with Crippen molar-refractivity contribution in [2.24, 2.45) is 0 Å². The number of rotatable bonds is 3. The van der Waals surface area contributed by atoms with Gasteiger partial charge in [0.15, 0.2) is 11.5 Å². The molecule has 29 heavy (non-hydrogen) atoms. The van der Waals surface area contributed by atoms with Crippen molar-refractivity contribution < 1.29 is 24.5 Å². The number of halogens is 1. The second kappa shape index (κ2) is 7.22. The number of aliphatic hydroxyl groups is 2. The molecule has 0 aliphatic heterocycles. The molecule has 1 aliphatic carbocycles. The summed E-state index contributed by atoms with van der Waals surface area (Å²) in [5.74, 6) is -2.27. The smallest absolute Gasteiger partial charge is 0.232 e. The zero-order valence-corrected chi connectivity index (χ0v) is 16.9. The minimum absolute atomic E-state index is 0.214. The first-order valence-electron chi connectivity index (χ1n) is 8.70. The molecule has 0 saturated heterocycles. The van der Waals surface area contributed by atoms with Crippen molar-refractivity contribution in [2.75, 3.05) is 7.11 Å². The predicted molar refractivity (Wildman–Crippen MR) is 114 cm³/mol. The maximum Gasteiger partial charge on any atom is 0.232 e. The van der Waals surface area contributed by atoms with Crippen LogP contribution < -0.4 is 4.74 Å². The van der Waals surface area contributed by atoms with Gasteiger partial charge in [-0.05, 0) is 52.2 Å². The number of benzene rings is 3. The van der Waals surface area contributed by atoms with Gasteiger partial charge in [0.05, 0.1) is 18.3 Å². The van der Waals surface area contributed by atoms with Crippen LogP contribution in [0.25, 0.3) is 21.9 Å². The summed E-state index contributed by atoms with van der Waals surface area (Å²) >= 11 is 3.30. The lowest BCUT2D eigenvalue weighted by Gasteiger charge is -2.18. The third-order valence-corrected chi connectivity index (χ3v) is 5.36. The molecule has 5 nitrogen and oxygen atoms in total. The Labute approximate surface area is 174 Å². The van der Waals surface area contributed by atoms with Gasteiger partial charge in [0.25, 0.3) is 0 Å². The fourth-order valence-electron chi connectivity index (χ4n) is 3.34. The van der Waals surface area contributed by atoms with Crippen LogP contribution >= 0.6 is 15.9 Å². The van der Waals surface area contributed by atoms with E-state index in [0.717, 1.165) is 15.2 Å². The number of ketones is 2. The Balaban J connectivity index is 1.81. The molecule has 0 heterocycles. The van der Waals surface area contributed by atoms with Gasteiger partial charge in [-0.3, -0.25) is 9.59 Å². The van der Waals surface area contributed by atoms with Gasteiger partial charge in [0, 0.05) is 4.47 Å². The molecule has 1 aliphatic rings. The third kappa shape index (κ3) is 3.21. The van der Waals surface area contributed by atoms with Gasteiger partial charge in [-0.15, -0.1) is 0 Å². The van der Waals surface area contributed by atoms with Crippen LogP contribution in [-0.4, -0.2) is 28.9 Å². The van der Waals surface area contributed by atoms with Crippen molar-refractivity contribution in [2.45, 2.75) is 0 Å². The number of carbonyl (C=O) groups is 2. The molecular formula is C23H15BrO5. The lowest BCUT2D eigenvalue weighted by atomic mass is 9.86. The Morgan fingerprint density at radius 3 is 1.86 bits per heavy atom. The van der Waals surface area contributed by atoms with E-state index in [4.69, 9.17) is 4.74 Å². The highest BCUT2D eigenvalue weighted by Crippen LogP contribution is 2.35. The van der Waals surface area contributed by atoms with E-state index in [9.17, 15) is 19.8 Å². The van der Waals surface area contributed by atoms with E-state index < -0.39 is 23.1 Å². The second-order valence-corrected chi connectivity index (χ2v) is 7.46. The van der Waals surface area contributed by atoms with E-state index in [1.807, 2.05) is 12.1 Å². The number of carbonyl (C=O) groups excluding carboxylic acids is 2. The molecule has 0 atom stereocenters. The molecule has 0 radical (unpaired) electrons. The van der Waals surface area contributed by atoms with Crippen LogP contribution in [-0.2, 0) is 9.59 Å². The van der Waals surface area contributed by atoms with Crippen LogP contribution in [0.15, 0.2) is 76.7 Å². The number of aliphatic hydroxyl groups excluding tert-OH is 2. The van der Waals surface area contributed by atoms with Crippen molar-refractivity contribution in [1.82, 2.24) is 0 Å². The number of methoxy groups -OCH3 is 1. The average molecular weight is 451 g/mol. The van der Waals surface area contributed by atoms with Gasteiger partial charge in [0.2, 0.25) is 11.6 Å². The largest absolute Gasteiger partial charge is 0.504 e. The highest BCUT2D eigenvalue weighted by atomic mass is 79.9. The number of hydrogen-bond donors (Lipinski definition) is 2. The van der Waals surface area contributed by atoms with Crippen LogP contribution in [0, 0.1) is 0 Å². The Kier molecular flexibility index (Phi) is 4.72. The van der Waals surface area contributed by atoms with Gasteiger partial charge in [-0.1, -0.05) is 46.3 Å². The van der Waals surface area contributed by atoms with Gasteiger partial charge in [0.1, 0.15) is 5.75 Å². The quantitative estimate of drug-likeness (QED) is 0.548. The summed E-state index contributed by atoms with van der Waals surface area (Å²) in [7, 11) is 1.57. The van der Waals surface area contributed by atoms with Crippen molar-refractivity contribution in [3.05, 3.63) is 87.8 Å². The molecule has 3 aromatic rings. The number of Topliss-reactive ketones (excluding diaryl/α,β-unsaturated/α-hetero) is 2. The Bertz CT molecular complexity index is 1240. The van der Waals surface area contributed by atoms with E-state index in [0.29, 0.717) is 16.9 Å². The molecule has 2 N–H and O–H groups in total. The minimum Gasteiger partial charge on any atom is -0.504 e. The second-order valence-electron chi connectivity index (χ2n) is 6.54. The Morgan fingerprint density at radius 1 is 0.724 bits per heavy atom. The maximum absolute atomic E-state index is 12.9. The van der Waals surface area contributed by atoms with Gasteiger partial charge >= 0.3 is 0 Å². The lowest BCUT2D eigenvalue weighted by molar-refractivity contribution is -0.116. The first kappa shape index (κ1) is 19.0. The summed E-state index contributed by atoms with van der Waals surface area (Å²) < 4.78 is 5.98. The summed E-state index contributed by atoms with van der Waals surface area (Å²) in [4.78, 5) is 25.7. The van der Waals surface area contributed by atoms with Crippen molar-refractivity contribution in [1.29, 1.82) is 0 Å². The average Bonchev–Trinajstić information content (AvgIpc) is 2.73. The zero-order chi connectivity index (χ0) is 20.7. The molecule has 144 valence electrons. The van der Waals surface area contributed by atoms with E-state index in [2.05, 4.69) is 15.9 Å². The molecule has 0 saturated carbocycles. The van der Waals surface area contributed by atoms with Crippen molar-refractivity contribution in [3.63, 3.8) is 0 Å². The zero-order valence-electron chi connectivity index (χ0n) is 15.3. The van der Waals surface area contributed by atoms with E-state index >= 15 is 0 Å². The van der Waals surface area contributed by atoms with E-state index in [1.54, 1.807) is 55.6 Å². The van der Waals surface area contributed by atoms with Gasteiger partial charge < -0.3 is 14.9 Å². The molecule has 6 heteroatoms. The topological polar surface area (TPSA) is 83.8 Å². The molecule has 0 aromatic heterocycles. The monoisotopic (exact) mass is 450 g/mol. The fourth-order valence-corrected chi connectivity index (χ4v) is 3.60. The van der Waals surface area contributed by atoms with E-state index in [1.165, 1.54) is 0 Å². The molecule has 3 aromatic carbocycles. The Morgan fingerprint density at radius 2 is 1.24 bits per heavy atom. The number of fused-ring (bicyclic) bond motifs is 1. The normalized spacial score (nSPS) is 14.7. The summed E-state index contributed by atoms with van der Waals surface area (Å²) in [6.07, 6.45) is 0. The molecule has 0 spiro atoms. The molecule has 0 unspecified atom stereocenters. The van der Waals surface area contributed by atoms with E-state index in [-0.39, 0.29) is 11.1 Å². The van der Waals surface area contributed by atoms with Crippen LogP contribution in [0.1, 0.15) is 11.1 Å². The first-order valence-corrected chi connectivity index (χ1v) is 9.50. The number of allylic oxidation sites excluding steroid dienone is 2. The molecule has 0 amide bonds. The summed E-state index contributed by atoms with van der Waals surface area (Å²) in [5, 5.41) is 22.7. The van der Waals surface area contributed by atoms with Crippen molar-refractivity contribution >= 4 is 49.4 Å². The predicted octanol–water partition coefficient (Wildman–Crippen LogP) is 5.00. The van der Waals surface area contributed by atoms with Gasteiger partial charge in [-0.2, -0.15) is 0 Å². The lowest BCUT2D eigenvalue weighted by Crippen LogP contribution is -2.22. The summed E-state index contributed by atoms with van der Waals surface area (Å²) in [5.41, 5.74) is 0.264. The molecule has 0 fully saturated rings. The highest BCUT2D eigenvalue weighted by Gasteiger charge is 2.36. The summed E-state index contributed by atoms with van der Waals surface area (Å²) in [6.45, 7) is 0. The minimum atomic E-state index is -0.798.